The third kappa shape index (κ3) is 4.57. The molecule has 0 spiro atoms. The molecule has 1 saturated carbocycles. The summed E-state index contributed by atoms with van der Waals surface area (Å²) in [5.41, 5.74) is -1.66. The molecule has 0 unspecified atom stereocenters. The normalized spacial score (nSPS) is 16.8. The van der Waals surface area contributed by atoms with Gasteiger partial charge in [-0.15, -0.1) is 0 Å². The molecule has 1 aliphatic carbocycles. The average Bonchev–Trinajstić information content (AvgIpc) is 3.45. The highest BCUT2D eigenvalue weighted by molar-refractivity contribution is 6.35. The van der Waals surface area contributed by atoms with Gasteiger partial charge in [0, 0.05) is 37.2 Å². The lowest BCUT2D eigenvalue weighted by atomic mass is 10.1. The van der Waals surface area contributed by atoms with Gasteiger partial charge in [-0.2, -0.15) is 18.3 Å². The number of carbonyl (C=O) groups is 3. The van der Waals surface area contributed by atoms with Crippen molar-refractivity contribution in [2.45, 2.75) is 25.1 Å². The smallest absolute Gasteiger partial charge is 0.345 e. The third-order valence-corrected chi connectivity index (χ3v) is 5.55. The van der Waals surface area contributed by atoms with E-state index in [9.17, 15) is 27.6 Å². The summed E-state index contributed by atoms with van der Waals surface area (Å²) in [5.74, 6) is -2.24. The summed E-state index contributed by atoms with van der Waals surface area (Å²) in [4.78, 5) is 39.5. The first kappa shape index (κ1) is 22.1. The van der Waals surface area contributed by atoms with Gasteiger partial charge in [-0.25, -0.2) is 4.68 Å². The predicted molar refractivity (Wildman–Crippen MR) is 107 cm³/mol. The van der Waals surface area contributed by atoms with Crippen molar-refractivity contribution in [2.75, 3.05) is 26.2 Å². The highest BCUT2D eigenvalue weighted by Gasteiger charge is 2.42. The molecule has 2 fully saturated rings. The maximum Gasteiger partial charge on any atom is 0.434 e. The number of alkyl halides is 3. The molecule has 8 nitrogen and oxygen atoms in total. The van der Waals surface area contributed by atoms with Gasteiger partial charge in [0.1, 0.15) is 0 Å². The van der Waals surface area contributed by atoms with Crippen molar-refractivity contribution in [1.82, 2.24) is 24.9 Å². The highest BCUT2D eigenvalue weighted by Crippen LogP contribution is 2.34. The van der Waals surface area contributed by atoms with Crippen LogP contribution >= 0.6 is 11.6 Å². The first-order valence-corrected chi connectivity index (χ1v) is 10.3. The zero-order chi connectivity index (χ0) is 23.0. The Morgan fingerprint density at radius 1 is 1.00 bits per heavy atom. The number of piperazine rings is 1. The van der Waals surface area contributed by atoms with E-state index in [2.05, 4.69) is 10.4 Å². The molecule has 0 radical (unpaired) electrons. The summed E-state index contributed by atoms with van der Waals surface area (Å²) in [7, 11) is 0. The van der Waals surface area contributed by atoms with Gasteiger partial charge in [0.15, 0.2) is 5.69 Å². The van der Waals surface area contributed by atoms with Crippen molar-refractivity contribution in [2.24, 2.45) is 0 Å². The second-order valence-electron chi connectivity index (χ2n) is 7.62. The molecule has 0 bridgehead atoms. The van der Waals surface area contributed by atoms with Crippen LogP contribution in [0.3, 0.4) is 0 Å². The number of carbonyl (C=O) groups excluding carboxylic acids is 3. The monoisotopic (exact) mass is 469 g/mol. The summed E-state index contributed by atoms with van der Waals surface area (Å²) in [6.45, 7) is 0.111. The van der Waals surface area contributed by atoms with Crippen LogP contribution in [0.2, 0.25) is 5.02 Å². The van der Waals surface area contributed by atoms with Crippen molar-refractivity contribution in [3.8, 4) is 5.69 Å². The first-order valence-electron chi connectivity index (χ1n) is 9.95. The lowest BCUT2D eigenvalue weighted by Gasteiger charge is -2.34. The average molecular weight is 470 g/mol. The van der Waals surface area contributed by atoms with E-state index in [4.69, 9.17) is 11.6 Å². The van der Waals surface area contributed by atoms with E-state index < -0.39 is 35.2 Å². The summed E-state index contributed by atoms with van der Waals surface area (Å²) in [6, 6.07) is 5.63. The Balaban J connectivity index is 1.49. The molecule has 170 valence electrons. The maximum atomic E-state index is 13.8. The predicted octanol–water partition coefficient (Wildman–Crippen LogP) is 2.11. The number of hydrogen-bond donors (Lipinski definition) is 1. The van der Waals surface area contributed by atoms with Crippen molar-refractivity contribution >= 4 is 29.3 Å². The number of amides is 3. The van der Waals surface area contributed by atoms with Crippen LogP contribution < -0.4 is 5.32 Å². The molecule has 1 aliphatic heterocycles. The van der Waals surface area contributed by atoms with Gasteiger partial charge in [-0.3, -0.25) is 14.4 Å². The van der Waals surface area contributed by atoms with Crippen LogP contribution in [0, 0.1) is 0 Å². The number of halogens is 4. The number of aromatic nitrogens is 2. The largest absolute Gasteiger partial charge is 0.434 e. The van der Waals surface area contributed by atoms with Gasteiger partial charge >= 0.3 is 18.0 Å². The van der Waals surface area contributed by atoms with Gasteiger partial charge < -0.3 is 15.1 Å². The zero-order valence-corrected chi connectivity index (χ0v) is 17.5. The summed E-state index contributed by atoms with van der Waals surface area (Å²) in [6.07, 6.45) is -2.26. The van der Waals surface area contributed by atoms with Crippen molar-refractivity contribution in [1.29, 1.82) is 0 Å². The van der Waals surface area contributed by atoms with E-state index in [1.165, 1.54) is 34.1 Å². The Morgan fingerprint density at radius 3 is 2.16 bits per heavy atom. The molecular weight excluding hydrogens is 451 g/mol. The van der Waals surface area contributed by atoms with Crippen LogP contribution in [0.25, 0.3) is 5.69 Å². The topological polar surface area (TPSA) is 87.5 Å². The molecule has 32 heavy (non-hydrogen) atoms. The number of nitrogens with zero attached hydrogens (tertiary/aromatic N) is 4. The van der Waals surface area contributed by atoms with Gasteiger partial charge in [-0.05, 0) is 37.1 Å². The summed E-state index contributed by atoms with van der Waals surface area (Å²) in [5, 5.41) is 6.74. The molecule has 2 heterocycles. The van der Waals surface area contributed by atoms with Crippen LogP contribution in [0.1, 0.15) is 28.9 Å². The minimum atomic E-state index is -4.83. The van der Waals surface area contributed by atoms with Gasteiger partial charge in [0.05, 0.1) is 17.4 Å². The molecule has 3 amide bonds. The van der Waals surface area contributed by atoms with E-state index >= 15 is 0 Å². The number of nitrogens with one attached hydrogen (secondary N) is 1. The Labute approximate surface area is 185 Å². The highest BCUT2D eigenvalue weighted by atomic mass is 35.5. The van der Waals surface area contributed by atoms with Gasteiger partial charge in [0.25, 0.3) is 5.91 Å². The molecule has 1 N–H and O–H groups in total. The van der Waals surface area contributed by atoms with Gasteiger partial charge in [0.2, 0.25) is 0 Å². The SMILES string of the molecule is O=C(NC1CC1)C(=O)N1CCN(C(=O)c2cnn(-c3ccc(Cl)cc3)c2C(F)(F)F)CC1. The molecule has 4 rings (SSSR count). The maximum absolute atomic E-state index is 13.8. The molecular formula is C20H19ClF3N5O3. The molecule has 2 aromatic rings. The van der Waals surface area contributed by atoms with Crippen LogP contribution in [-0.4, -0.2) is 69.5 Å². The lowest BCUT2D eigenvalue weighted by molar-refractivity contribution is -0.146. The number of benzene rings is 1. The van der Waals surface area contributed by atoms with E-state index in [0.29, 0.717) is 9.70 Å². The van der Waals surface area contributed by atoms with Crippen LogP contribution in [0.15, 0.2) is 30.5 Å². The number of hydrogen-bond acceptors (Lipinski definition) is 4. The zero-order valence-electron chi connectivity index (χ0n) is 16.7. The fraction of sp³-hybridized carbons (Fsp3) is 0.400. The molecule has 1 aromatic carbocycles. The van der Waals surface area contributed by atoms with Crippen molar-refractivity contribution < 1.29 is 27.6 Å². The first-order chi connectivity index (χ1) is 15.1. The summed E-state index contributed by atoms with van der Waals surface area (Å²) < 4.78 is 42.2. The Hall–Kier alpha value is -3.08. The molecule has 12 heteroatoms. The second kappa shape index (κ2) is 8.45. The number of rotatable bonds is 3. The molecule has 2 aliphatic rings. The Morgan fingerprint density at radius 2 is 1.59 bits per heavy atom. The van der Waals surface area contributed by atoms with Crippen molar-refractivity contribution in [3.05, 3.63) is 46.7 Å². The lowest BCUT2D eigenvalue weighted by Crippen LogP contribution is -2.54. The van der Waals surface area contributed by atoms with E-state index in [0.717, 1.165) is 19.0 Å². The third-order valence-electron chi connectivity index (χ3n) is 5.30. The van der Waals surface area contributed by atoms with E-state index in [1.807, 2.05) is 0 Å². The van der Waals surface area contributed by atoms with E-state index in [-0.39, 0.29) is 37.9 Å². The Kier molecular flexibility index (Phi) is 5.85. The van der Waals surface area contributed by atoms with Crippen LogP contribution in [0.5, 0.6) is 0 Å². The molecule has 1 aromatic heterocycles. The fourth-order valence-electron chi connectivity index (χ4n) is 3.46. The van der Waals surface area contributed by atoms with Crippen LogP contribution in [0.4, 0.5) is 13.2 Å². The molecule has 0 atom stereocenters. The quantitative estimate of drug-likeness (QED) is 0.697. The minimum absolute atomic E-state index is 0.00467. The second-order valence-corrected chi connectivity index (χ2v) is 8.06. The summed E-state index contributed by atoms with van der Waals surface area (Å²) >= 11 is 5.80. The minimum Gasteiger partial charge on any atom is -0.345 e. The fourth-order valence-corrected chi connectivity index (χ4v) is 3.58. The van der Waals surface area contributed by atoms with E-state index in [1.54, 1.807) is 0 Å². The van der Waals surface area contributed by atoms with Gasteiger partial charge in [-0.1, -0.05) is 11.6 Å². The van der Waals surface area contributed by atoms with Crippen LogP contribution in [-0.2, 0) is 15.8 Å². The van der Waals surface area contributed by atoms with Crippen molar-refractivity contribution in [3.63, 3.8) is 0 Å². The Bertz CT molecular complexity index is 1040. The standard InChI is InChI=1S/C20H19ClF3N5O3/c21-12-1-5-14(6-2-12)29-16(20(22,23)24)15(11-25-29)18(31)27-7-9-28(10-8-27)19(32)17(30)26-13-3-4-13/h1-2,5-6,11,13H,3-4,7-10H2,(H,26,30). The molecule has 1 saturated heterocycles.